The van der Waals surface area contributed by atoms with E-state index in [1.165, 1.54) is 13.0 Å². The molecule has 0 aromatic heterocycles. The third kappa shape index (κ3) is 4.60. The summed E-state index contributed by atoms with van der Waals surface area (Å²) < 4.78 is 31.0. The number of amides is 1. The summed E-state index contributed by atoms with van der Waals surface area (Å²) in [5.41, 5.74) is 1.81. The topological polar surface area (TPSA) is 72.5 Å². The van der Waals surface area contributed by atoms with Gasteiger partial charge in [0.25, 0.3) is 0 Å². The highest BCUT2D eigenvalue weighted by Crippen LogP contribution is 2.31. The van der Waals surface area contributed by atoms with E-state index in [2.05, 4.69) is 5.32 Å². The van der Waals surface area contributed by atoms with Crippen LogP contribution in [-0.4, -0.2) is 14.3 Å². The lowest BCUT2D eigenvalue weighted by molar-refractivity contribution is -0.114. The molecular weight excluding hydrogens is 338 g/mol. The highest BCUT2D eigenvalue weighted by Gasteiger charge is 2.22. The van der Waals surface area contributed by atoms with Crippen LogP contribution >= 0.6 is 0 Å². The van der Waals surface area contributed by atoms with Crippen molar-refractivity contribution >= 4 is 21.7 Å². The first-order valence-electron chi connectivity index (χ1n) is 8.16. The van der Waals surface area contributed by atoms with E-state index in [1.807, 2.05) is 26.0 Å². The van der Waals surface area contributed by atoms with Crippen LogP contribution in [0.2, 0.25) is 0 Å². The fraction of sp³-hybridized carbons (Fsp3) is 0.316. The fourth-order valence-corrected chi connectivity index (χ4v) is 3.71. The van der Waals surface area contributed by atoms with Gasteiger partial charge in [0.1, 0.15) is 10.6 Å². The first-order valence-corrected chi connectivity index (χ1v) is 9.57. The molecule has 5 nitrogen and oxygen atoms in total. The molecule has 2 aromatic carbocycles. The molecule has 1 amide bonds. The van der Waals surface area contributed by atoms with Crippen molar-refractivity contribution in [3.05, 3.63) is 53.6 Å². The maximum atomic E-state index is 12.8. The third-order valence-electron chi connectivity index (χ3n) is 4.04. The molecule has 0 saturated carbocycles. The molecule has 25 heavy (non-hydrogen) atoms. The molecule has 1 unspecified atom stereocenters. The molecule has 0 heterocycles. The summed E-state index contributed by atoms with van der Waals surface area (Å²) in [6.45, 7) is 7.12. The lowest BCUT2D eigenvalue weighted by Crippen LogP contribution is -2.14. The molecule has 0 bridgehead atoms. The first kappa shape index (κ1) is 19.0. The Morgan fingerprint density at radius 3 is 2.52 bits per heavy atom. The van der Waals surface area contributed by atoms with E-state index < -0.39 is 10.1 Å². The molecule has 2 aromatic rings. The van der Waals surface area contributed by atoms with Crippen LogP contribution in [0.5, 0.6) is 5.75 Å². The van der Waals surface area contributed by atoms with Crippen molar-refractivity contribution in [2.75, 3.05) is 5.32 Å². The molecular formula is C19H23NO4S. The number of carbonyl (C=O) groups is 1. The van der Waals surface area contributed by atoms with Crippen molar-refractivity contribution in [3.63, 3.8) is 0 Å². The minimum Gasteiger partial charge on any atom is -0.379 e. The maximum absolute atomic E-state index is 12.8. The molecule has 0 saturated heterocycles. The smallest absolute Gasteiger partial charge is 0.339 e. The second-order valence-corrected chi connectivity index (χ2v) is 7.56. The summed E-state index contributed by atoms with van der Waals surface area (Å²) in [4.78, 5) is 11.3. The van der Waals surface area contributed by atoms with E-state index in [1.54, 1.807) is 31.2 Å². The highest BCUT2D eigenvalue weighted by atomic mass is 32.2. The van der Waals surface area contributed by atoms with Gasteiger partial charge < -0.3 is 9.50 Å². The van der Waals surface area contributed by atoms with Crippen molar-refractivity contribution in [1.29, 1.82) is 0 Å². The minimum atomic E-state index is -4.02. The van der Waals surface area contributed by atoms with Gasteiger partial charge in [-0.1, -0.05) is 38.1 Å². The number of anilines is 1. The Hall–Kier alpha value is -2.34. The summed E-state index contributed by atoms with van der Waals surface area (Å²) in [5, 5.41) is 2.59. The van der Waals surface area contributed by atoms with E-state index >= 15 is 0 Å². The predicted octanol–water partition coefficient (Wildman–Crippen LogP) is 4.23. The zero-order valence-electron chi connectivity index (χ0n) is 14.9. The average Bonchev–Trinajstić information content (AvgIpc) is 2.55. The first-order chi connectivity index (χ1) is 11.7. The Balaban J connectivity index is 2.42. The van der Waals surface area contributed by atoms with Crippen molar-refractivity contribution < 1.29 is 17.4 Å². The Bertz CT molecular complexity index is 875. The molecule has 0 aliphatic rings. The summed E-state index contributed by atoms with van der Waals surface area (Å²) in [6, 6.07) is 11.9. The third-order valence-corrected chi connectivity index (χ3v) is 5.42. The number of aryl methyl sites for hydroxylation is 1. The van der Waals surface area contributed by atoms with E-state index in [9.17, 15) is 13.2 Å². The summed E-state index contributed by atoms with van der Waals surface area (Å²) in [5.74, 6) is 0.245. The van der Waals surface area contributed by atoms with Gasteiger partial charge in [-0.15, -0.1) is 0 Å². The second kappa shape index (κ2) is 7.70. The SMILES string of the molecule is CCC(C)c1ccccc1OS(=O)(=O)c1cc(NC(C)=O)ccc1C. The summed E-state index contributed by atoms with van der Waals surface area (Å²) in [6.07, 6.45) is 0.872. The number of carbonyl (C=O) groups excluding carboxylic acids is 1. The number of para-hydroxylation sites is 1. The van der Waals surface area contributed by atoms with Gasteiger partial charge in [0.2, 0.25) is 5.91 Å². The molecule has 0 aliphatic heterocycles. The van der Waals surface area contributed by atoms with E-state index in [-0.39, 0.29) is 16.7 Å². The van der Waals surface area contributed by atoms with Crippen LogP contribution in [0.15, 0.2) is 47.4 Å². The predicted molar refractivity (Wildman–Crippen MR) is 98.4 cm³/mol. The average molecular weight is 361 g/mol. The Kier molecular flexibility index (Phi) is 5.85. The molecule has 0 aliphatic carbocycles. The van der Waals surface area contributed by atoms with Crippen molar-refractivity contribution in [2.45, 2.75) is 44.9 Å². The van der Waals surface area contributed by atoms with Crippen molar-refractivity contribution in [2.24, 2.45) is 0 Å². The molecule has 1 atom stereocenters. The lowest BCUT2D eigenvalue weighted by Gasteiger charge is -2.16. The van der Waals surface area contributed by atoms with Crippen LogP contribution in [0.4, 0.5) is 5.69 Å². The van der Waals surface area contributed by atoms with Gasteiger partial charge in [-0.25, -0.2) is 0 Å². The fourth-order valence-electron chi connectivity index (χ4n) is 2.50. The van der Waals surface area contributed by atoms with Crippen LogP contribution in [-0.2, 0) is 14.9 Å². The Morgan fingerprint density at radius 1 is 1.20 bits per heavy atom. The van der Waals surface area contributed by atoms with Gasteiger partial charge in [0.05, 0.1) is 0 Å². The number of benzene rings is 2. The summed E-state index contributed by atoms with van der Waals surface area (Å²) in [7, 11) is -4.02. The van der Waals surface area contributed by atoms with Crippen molar-refractivity contribution in [3.8, 4) is 5.75 Å². The van der Waals surface area contributed by atoms with Gasteiger partial charge in [-0.2, -0.15) is 8.42 Å². The molecule has 1 N–H and O–H groups in total. The number of nitrogens with one attached hydrogen (secondary N) is 1. The van der Waals surface area contributed by atoms with E-state index in [0.29, 0.717) is 17.0 Å². The van der Waals surface area contributed by atoms with Gasteiger partial charge in [0.15, 0.2) is 0 Å². The second-order valence-electron chi connectivity index (χ2n) is 6.05. The van der Waals surface area contributed by atoms with Gasteiger partial charge >= 0.3 is 10.1 Å². The number of rotatable bonds is 6. The van der Waals surface area contributed by atoms with Crippen LogP contribution in [0.25, 0.3) is 0 Å². The minimum absolute atomic E-state index is 0.0395. The van der Waals surface area contributed by atoms with Gasteiger partial charge in [-0.05, 0) is 48.6 Å². The number of hydrogen-bond donors (Lipinski definition) is 1. The van der Waals surface area contributed by atoms with Crippen LogP contribution in [0.3, 0.4) is 0 Å². The zero-order chi connectivity index (χ0) is 18.6. The lowest BCUT2D eigenvalue weighted by atomic mass is 9.98. The summed E-state index contributed by atoms with van der Waals surface area (Å²) >= 11 is 0. The molecule has 0 spiro atoms. The highest BCUT2D eigenvalue weighted by molar-refractivity contribution is 7.87. The zero-order valence-corrected chi connectivity index (χ0v) is 15.7. The molecule has 0 radical (unpaired) electrons. The quantitative estimate of drug-likeness (QED) is 0.781. The van der Waals surface area contributed by atoms with E-state index in [0.717, 1.165) is 12.0 Å². The van der Waals surface area contributed by atoms with Crippen LogP contribution < -0.4 is 9.50 Å². The van der Waals surface area contributed by atoms with Crippen LogP contribution in [0.1, 0.15) is 44.2 Å². The Morgan fingerprint density at radius 2 is 1.88 bits per heavy atom. The molecule has 6 heteroatoms. The molecule has 2 rings (SSSR count). The number of hydrogen-bond acceptors (Lipinski definition) is 4. The largest absolute Gasteiger partial charge is 0.379 e. The monoisotopic (exact) mass is 361 g/mol. The van der Waals surface area contributed by atoms with Crippen molar-refractivity contribution in [1.82, 2.24) is 0 Å². The van der Waals surface area contributed by atoms with Gasteiger partial charge in [-0.3, -0.25) is 4.79 Å². The van der Waals surface area contributed by atoms with E-state index in [4.69, 9.17) is 4.18 Å². The molecule has 134 valence electrons. The van der Waals surface area contributed by atoms with Gasteiger partial charge in [0, 0.05) is 12.6 Å². The normalized spacial score (nSPS) is 12.5. The standard InChI is InChI=1S/C19H23NO4S/c1-5-13(2)17-8-6-7-9-18(17)24-25(22,23)19-12-16(20-15(4)21)11-10-14(19)3/h6-13H,5H2,1-4H3,(H,20,21). The molecule has 0 fully saturated rings. The Labute approximate surface area is 149 Å². The van der Waals surface area contributed by atoms with Crippen LogP contribution in [0, 0.1) is 6.92 Å². The maximum Gasteiger partial charge on any atom is 0.339 e.